The van der Waals surface area contributed by atoms with E-state index in [4.69, 9.17) is 5.11 Å². The lowest BCUT2D eigenvalue weighted by atomic mass is 10.1. The Labute approximate surface area is 161 Å². The summed E-state index contributed by atoms with van der Waals surface area (Å²) in [6, 6.07) is 14.1. The van der Waals surface area contributed by atoms with Gasteiger partial charge in [-0.3, -0.25) is 9.59 Å². The van der Waals surface area contributed by atoms with E-state index in [2.05, 4.69) is 4.99 Å². The highest BCUT2D eigenvalue weighted by molar-refractivity contribution is 7.82. The van der Waals surface area contributed by atoms with Gasteiger partial charge in [0.1, 0.15) is 11.9 Å². The maximum absolute atomic E-state index is 11.5. The van der Waals surface area contributed by atoms with Crippen LogP contribution in [0.2, 0.25) is 0 Å². The van der Waals surface area contributed by atoms with Crippen LogP contribution in [0.15, 0.2) is 59.6 Å². The van der Waals surface area contributed by atoms with Crippen molar-refractivity contribution in [1.29, 1.82) is 0 Å². The molecule has 0 radical (unpaired) electrons. The number of aliphatic carboxylic acids is 2. The molecule has 0 aliphatic rings. The second kappa shape index (κ2) is 9.41. The molecular formula is C19H21NO7P+. The molecule has 0 heterocycles. The highest BCUT2D eigenvalue weighted by Crippen LogP contribution is 2.56. The van der Waals surface area contributed by atoms with Crippen molar-refractivity contribution in [1.82, 2.24) is 0 Å². The van der Waals surface area contributed by atoms with Crippen LogP contribution in [0, 0.1) is 5.92 Å². The molecule has 2 rings (SSSR count). The van der Waals surface area contributed by atoms with Crippen molar-refractivity contribution < 1.29 is 34.7 Å². The van der Waals surface area contributed by atoms with Crippen LogP contribution >= 0.6 is 7.72 Å². The summed E-state index contributed by atoms with van der Waals surface area (Å²) < 4.78 is 0. The average molecular weight is 406 g/mol. The Balaban J connectivity index is 2.41. The van der Waals surface area contributed by atoms with E-state index < -0.39 is 38.2 Å². The molecule has 2 aromatic carbocycles. The zero-order chi connectivity index (χ0) is 20.7. The van der Waals surface area contributed by atoms with Crippen molar-refractivity contribution in [3.05, 3.63) is 60.2 Å². The smallest absolute Gasteiger partial charge is 0.320 e. The van der Waals surface area contributed by atoms with E-state index in [0.717, 1.165) is 0 Å². The number of aromatic hydroxyl groups is 1. The number of carbonyl (C=O) groups is 2. The predicted molar refractivity (Wildman–Crippen MR) is 105 cm³/mol. The largest absolute Gasteiger partial charge is 0.508 e. The molecule has 9 heteroatoms. The van der Waals surface area contributed by atoms with E-state index in [1.807, 2.05) is 0 Å². The summed E-state index contributed by atoms with van der Waals surface area (Å²) in [7, 11) is -4.01. The van der Waals surface area contributed by atoms with Gasteiger partial charge in [-0.15, -0.1) is 0 Å². The Morgan fingerprint density at radius 2 is 1.57 bits per heavy atom. The zero-order valence-corrected chi connectivity index (χ0v) is 15.7. The minimum atomic E-state index is -4.01. The van der Waals surface area contributed by atoms with Crippen LogP contribution in [0.3, 0.4) is 0 Å². The number of phenolic OH excluding ortho intramolecular Hbond substituents is 1. The second-order valence-corrected chi connectivity index (χ2v) is 8.45. The minimum absolute atomic E-state index is 0.0221. The van der Waals surface area contributed by atoms with Gasteiger partial charge in [0, 0.05) is 12.0 Å². The van der Waals surface area contributed by atoms with Crippen LogP contribution in [0.1, 0.15) is 18.4 Å². The van der Waals surface area contributed by atoms with Crippen LogP contribution in [0.25, 0.3) is 0 Å². The van der Waals surface area contributed by atoms with Gasteiger partial charge in [0.25, 0.3) is 0 Å². The highest BCUT2D eigenvalue weighted by atomic mass is 31.2. The summed E-state index contributed by atoms with van der Waals surface area (Å²) in [4.78, 5) is 48.1. The molecule has 8 nitrogen and oxygen atoms in total. The Bertz CT molecular complexity index is 850. The summed E-state index contributed by atoms with van der Waals surface area (Å²) in [6.07, 6.45) is -1.15. The van der Waals surface area contributed by atoms with Crippen molar-refractivity contribution in [3.8, 4) is 5.75 Å². The first-order chi connectivity index (χ1) is 13.2. The van der Waals surface area contributed by atoms with Gasteiger partial charge < -0.3 is 15.3 Å². The second-order valence-electron chi connectivity index (χ2n) is 6.20. The Morgan fingerprint density at radius 3 is 2.11 bits per heavy atom. The molecular weight excluding hydrogens is 385 g/mol. The van der Waals surface area contributed by atoms with Crippen LogP contribution < -0.4 is 0 Å². The van der Waals surface area contributed by atoms with Gasteiger partial charge in [-0.05, 0) is 42.8 Å². The van der Waals surface area contributed by atoms with Crippen LogP contribution in [-0.2, 0) is 9.59 Å². The van der Waals surface area contributed by atoms with Crippen molar-refractivity contribution in [3.63, 3.8) is 0 Å². The molecule has 0 spiro atoms. The Hall–Kier alpha value is -2.80. The monoisotopic (exact) mass is 406 g/mol. The van der Waals surface area contributed by atoms with Gasteiger partial charge in [-0.2, -0.15) is 0 Å². The molecule has 0 saturated heterocycles. The van der Waals surface area contributed by atoms with Gasteiger partial charge in [-0.25, -0.2) is 14.8 Å². The third kappa shape index (κ3) is 6.13. The number of hydrogen-bond donors (Lipinski definition) is 5. The molecule has 1 unspecified atom stereocenters. The van der Waals surface area contributed by atoms with Crippen molar-refractivity contribution in [2.45, 2.75) is 12.8 Å². The van der Waals surface area contributed by atoms with Crippen LogP contribution in [-0.4, -0.2) is 48.7 Å². The number of hydrogen-bond acceptors (Lipinski definition) is 6. The normalized spacial score (nSPS) is 13.1. The lowest BCUT2D eigenvalue weighted by Crippen LogP contribution is -2.24. The lowest BCUT2D eigenvalue weighted by Gasteiger charge is -2.18. The van der Waals surface area contributed by atoms with Gasteiger partial charge in [0.05, 0.1) is 11.6 Å². The molecule has 0 saturated carbocycles. The Morgan fingerprint density at radius 1 is 0.964 bits per heavy atom. The maximum atomic E-state index is 11.5. The zero-order valence-electron chi connectivity index (χ0n) is 14.8. The van der Waals surface area contributed by atoms with E-state index in [9.17, 15) is 29.6 Å². The van der Waals surface area contributed by atoms with Crippen molar-refractivity contribution >= 4 is 30.8 Å². The van der Waals surface area contributed by atoms with Crippen molar-refractivity contribution in [2.75, 3.05) is 6.16 Å². The van der Waals surface area contributed by atoms with Gasteiger partial charge in [0.2, 0.25) is 5.45 Å². The van der Waals surface area contributed by atoms with E-state index in [0.29, 0.717) is 11.3 Å². The molecule has 28 heavy (non-hydrogen) atoms. The van der Waals surface area contributed by atoms with Crippen molar-refractivity contribution in [2.24, 2.45) is 10.9 Å². The molecule has 2 aromatic rings. The lowest BCUT2D eigenvalue weighted by molar-refractivity contribution is -0.142. The van der Waals surface area contributed by atoms with Crippen LogP contribution in [0.5, 0.6) is 5.75 Å². The van der Waals surface area contributed by atoms with Gasteiger partial charge in [-0.1, -0.05) is 18.2 Å². The molecule has 148 valence electrons. The summed E-state index contributed by atoms with van der Waals surface area (Å²) in [5.41, 5.74) is 0.693. The molecule has 0 aliphatic carbocycles. The summed E-state index contributed by atoms with van der Waals surface area (Å²) >= 11 is 0. The Kier molecular flexibility index (Phi) is 7.23. The van der Waals surface area contributed by atoms with E-state index in [1.54, 1.807) is 30.3 Å². The first-order valence-corrected chi connectivity index (χ1v) is 10.3. The predicted octanol–water partition coefficient (Wildman–Crippen LogP) is 2.87. The molecule has 0 aliphatic heterocycles. The molecule has 0 fully saturated rings. The third-order valence-electron chi connectivity index (χ3n) is 3.99. The third-order valence-corrected chi connectivity index (χ3v) is 5.97. The molecule has 0 aromatic heterocycles. The summed E-state index contributed by atoms with van der Waals surface area (Å²) in [5.74, 6) is -3.68. The average Bonchev–Trinajstić information content (AvgIpc) is 2.64. The molecule has 0 amide bonds. The number of rotatable bonds is 9. The van der Waals surface area contributed by atoms with Gasteiger partial charge in [0.15, 0.2) is 0 Å². The number of carboxylic acids is 2. The van der Waals surface area contributed by atoms with E-state index in [-0.39, 0.29) is 17.6 Å². The molecule has 5 N–H and O–H groups in total. The quantitative estimate of drug-likeness (QED) is 0.318. The fraction of sp³-hybridized carbons (Fsp3) is 0.211. The summed E-state index contributed by atoms with van der Waals surface area (Å²) in [6.45, 7) is 0. The van der Waals surface area contributed by atoms with E-state index >= 15 is 0 Å². The number of carboxylic acid groups (broad SMARTS) is 2. The topological polar surface area (TPSA) is 148 Å². The SMILES string of the molecule is O=C(O)CCC(C[P+](O)(O)C(=Nc1ccc(O)cc1)c1ccccc1)C(=O)O. The fourth-order valence-corrected chi connectivity index (χ4v) is 4.54. The maximum Gasteiger partial charge on any atom is 0.320 e. The number of phenols is 1. The highest BCUT2D eigenvalue weighted by Gasteiger charge is 2.46. The van der Waals surface area contributed by atoms with Crippen LogP contribution in [0.4, 0.5) is 5.69 Å². The standard InChI is InChI=1S/C19H20NO7P/c21-16-9-7-15(8-10-16)20-18(13-4-2-1-3-5-13)28(26,27)12-14(19(24)25)6-11-17(22)23/h1-5,7-10,14,26-27H,6,11-12H2,(H2-,21,22,23,24,25)/p+1. The van der Waals surface area contributed by atoms with Gasteiger partial charge >= 0.3 is 19.7 Å². The summed E-state index contributed by atoms with van der Waals surface area (Å²) in [5, 5.41) is 27.5. The number of aliphatic imine (C=N–C) groups is 1. The minimum Gasteiger partial charge on any atom is -0.508 e. The molecule has 0 bridgehead atoms. The first kappa shape index (κ1) is 21.5. The first-order valence-electron chi connectivity index (χ1n) is 8.41. The van der Waals surface area contributed by atoms with E-state index in [1.165, 1.54) is 24.3 Å². The number of benzene rings is 2. The fourth-order valence-electron chi connectivity index (χ4n) is 2.57. The molecule has 1 atom stereocenters. The number of nitrogens with zero attached hydrogens (tertiary/aromatic N) is 1.